The van der Waals surface area contributed by atoms with Crippen molar-refractivity contribution in [1.29, 1.82) is 0 Å². The smallest absolute Gasteiger partial charge is 0.251 e. The summed E-state index contributed by atoms with van der Waals surface area (Å²) < 4.78 is 0. The van der Waals surface area contributed by atoms with Gasteiger partial charge in [0.1, 0.15) is 0 Å². The number of nitrogens with one attached hydrogen (secondary N) is 2. The van der Waals surface area contributed by atoms with Crippen LogP contribution in [-0.2, 0) is 0 Å². The zero-order valence-corrected chi connectivity index (χ0v) is 15.0. The van der Waals surface area contributed by atoms with E-state index in [1.54, 1.807) is 12.1 Å². The Balaban J connectivity index is 1.65. The van der Waals surface area contributed by atoms with Crippen molar-refractivity contribution < 1.29 is 4.79 Å². The lowest BCUT2D eigenvalue weighted by molar-refractivity contribution is 0.0953. The Kier molecular flexibility index (Phi) is 5.59. The number of aromatic nitrogens is 2. The largest absolute Gasteiger partial charge is 0.352 e. The van der Waals surface area contributed by atoms with E-state index in [1.807, 2.05) is 43.3 Å². The van der Waals surface area contributed by atoms with Crippen molar-refractivity contribution in [3.05, 3.63) is 71.8 Å². The van der Waals surface area contributed by atoms with E-state index in [0.717, 1.165) is 23.4 Å². The van der Waals surface area contributed by atoms with E-state index in [-0.39, 0.29) is 5.91 Å². The maximum atomic E-state index is 11.9. The molecule has 1 heterocycles. The van der Waals surface area contributed by atoms with Gasteiger partial charge in [-0.25, -0.2) is 0 Å². The molecule has 0 spiro atoms. The van der Waals surface area contributed by atoms with Gasteiger partial charge in [-0.05, 0) is 49.7 Å². The van der Waals surface area contributed by atoms with Gasteiger partial charge in [-0.15, -0.1) is 10.2 Å². The third-order valence-corrected chi connectivity index (χ3v) is 3.97. The fraction of sp³-hybridized carbons (Fsp3) is 0.190. The van der Waals surface area contributed by atoms with Gasteiger partial charge in [-0.3, -0.25) is 4.79 Å². The molecular formula is C21H22N4O. The van der Waals surface area contributed by atoms with Crippen molar-refractivity contribution in [3.63, 3.8) is 0 Å². The van der Waals surface area contributed by atoms with Gasteiger partial charge in [0.05, 0.1) is 5.69 Å². The number of carbonyl (C=O) groups excluding carboxylic acids is 1. The van der Waals surface area contributed by atoms with E-state index in [0.29, 0.717) is 17.9 Å². The highest BCUT2D eigenvalue weighted by molar-refractivity contribution is 5.94. The molecule has 3 aromatic rings. The van der Waals surface area contributed by atoms with E-state index >= 15 is 0 Å². The minimum atomic E-state index is -0.0550. The zero-order chi connectivity index (χ0) is 18.4. The molecule has 0 aliphatic heterocycles. The lowest BCUT2D eigenvalue weighted by Crippen LogP contribution is -2.23. The maximum Gasteiger partial charge on any atom is 0.251 e. The molecule has 0 saturated carbocycles. The molecule has 1 aromatic heterocycles. The van der Waals surface area contributed by atoms with Gasteiger partial charge in [-0.2, -0.15) is 0 Å². The molecule has 5 heteroatoms. The highest BCUT2D eigenvalue weighted by atomic mass is 16.1. The van der Waals surface area contributed by atoms with Gasteiger partial charge < -0.3 is 10.6 Å². The Morgan fingerprint density at radius 1 is 0.923 bits per heavy atom. The van der Waals surface area contributed by atoms with Crippen LogP contribution in [0, 0.1) is 6.92 Å². The fourth-order valence-corrected chi connectivity index (χ4v) is 2.47. The number of rotatable bonds is 6. The molecular weight excluding hydrogens is 324 g/mol. The number of benzene rings is 2. The van der Waals surface area contributed by atoms with Crippen molar-refractivity contribution in [2.24, 2.45) is 0 Å². The first-order chi connectivity index (χ1) is 12.7. The highest BCUT2D eigenvalue weighted by Crippen LogP contribution is 2.19. The molecule has 0 fully saturated rings. The van der Waals surface area contributed by atoms with Gasteiger partial charge in [0.25, 0.3) is 5.91 Å². The monoisotopic (exact) mass is 346 g/mol. The van der Waals surface area contributed by atoms with Gasteiger partial charge >= 0.3 is 0 Å². The summed E-state index contributed by atoms with van der Waals surface area (Å²) in [4.78, 5) is 11.9. The lowest BCUT2D eigenvalue weighted by Gasteiger charge is -2.08. The summed E-state index contributed by atoms with van der Waals surface area (Å²) in [5, 5.41) is 14.6. The average Bonchev–Trinajstić information content (AvgIpc) is 2.68. The number of carbonyl (C=O) groups is 1. The molecule has 0 bridgehead atoms. The third-order valence-electron chi connectivity index (χ3n) is 3.97. The number of anilines is 2. The van der Waals surface area contributed by atoms with E-state index in [2.05, 4.69) is 39.9 Å². The summed E-state index contributed by atoms with van der Waals surface area (Å²) in [6.45, 7) is 4.77. The SMILES string of the molecule is CCCNC(=O)c1ccc(Nc2ccc(-c3ccc(C)cc3)nn2)cc1. The van der Waals surface area contributed by atoms with Crippen LogP contribution in [0.3, 0.4) is 0 Å². The Bertz CT molecular complexity index is 856. The quantitative estimate of drug-likeness (QED) is 0.697. The molecule has 0 atom stereocenters. The Hall–Kier alpha value is -3.21. The van der Waals surface area contributed by atoms with Crippen LogP contribution in [0.25, 0.3) is 11.3 Å². The molecule has 132 valence electrons. The van der Waals surface area contributed by atoms with Gasteiger partial charge in [-0.1, -0.05) is 36.8 Å². The van der Waals surface area contributed by atoms with Crippen LogP contribution >= 0.6 is 0 Å². The number of amides is 1. The molecule has 0 aliphatic carbocycles. The summed E-state index contributed by atoms with van der Waals surface area (Å²) in [5.41, 5.74) is 4.58. The molecule has 3 rings (SSSR count). The number of hydrogen-bond acceptors (Lipinski definition) is 4. The lowest BCUT2D eigenvalue weighted by atomic mass is 10.1. The van der Waals surface area contributed by atoms with E-state index in [1.165, 1.54) is 5.56 Å². The second kappa shape index (κ2) is 8.25. The van der Waals surface area contributed by atoms with Crippen molar-refractivity contribution in [2.45, 2.75) is 20.3 Å². The maximum absolute atomic E-state index is 11.9. The number of nitrogens with zero attached hydrogens (tertiary/aromatic N) is 2. The third kappa shape index (κ3) is 4.45. The van der Waals surface area contributed by atoms with Gasteiger partial charge in [0.2, 0.25) is 0 Å². The van der Waals surface area contributed by atoms with E-state index in [4.69, 9.17) is 0 Å². The summed E-state index contributed by atoms with van der Waals surface area (Å²) in [6.07, 6.45) is 0.919. The van der Waals surface area contributed by atoms with Crippen LogP contribution in [0.1, 0.15) is 29.3 Å². The Morgan fingerprint density at radius 2 is 1.65 bits per heavy atom. The van der Waals surface area contributed by atoms with Crippen LogP contribution in [0.2, 0.25) is 0 Å². The molecule has 26 heavy (non-hydrogen) atoms. The first-order valence-corrected chi connectivity index (χ1v) is 8.72. The molecule has 0 saturated heterocycles. The average molecular weight is 346 g/mol. The standard InChI is InChI=1S/C21H22N4O/c1-3-14-22-21(26)17-8-10-18(11-9-17)23-20-13-12-19(24-25-20)16-6-4-15(2)5-7-16/h4-13H,3,14H2,1-2H3,(H,22,26)(H,23,25). The summed E-state index contributed by atoms with van der Waals surface area (Å²) in [5.74, 6) is 0.602. The van der Waals surface area contributed by atoms with Crippen LogP contribution in [0.15, 0.2) is 60.7 Å². The van der Waals surface area contributed by atoms with Crippen molar-refractivity contribution in [2.75, 3.05) is 11.9 Å². The number of hydrogen-bond donors (Lipinski definition) is 2. The topological polar surface area (TPSA) is 66.9 Å². The number of aryl methyl sites for hydroxylation is 1. The van der Waals surface area contributed by atoms with Crippen LogP contribution < -0.4 is 10.6 Å². The highest BCUT2D eigenvalue weighted by Gasteiger charge is 2.05. The fourth-order valence-electron chi connectivity index (χ4n) is 2.47. The van der Waals surface area contributed by atoms with Crippen molar-refractivity contribution >= 4 is 17.4 Å². The second-order valence-corrected chi connectivity index (χ2v) is 6.13. The van der Waals surface area contributed by atoms with Crippen LogP contribution in [0.5, 0.6) is 0 Å². The Morgan fingerprint density at radius 3 is 2.27 bits per heavy atom. The molecule has 0 aliphatic rings. The van der Waals surface area contributed by atoms with Gasteiger partial charge in [0.15, 0.2) is 5.82 Å². The van der Waals surface area contributed by atoms with Crippen LogP contribution in [-0.4, -0.2) is 22.6 Å². The first-order valence-electron chi connectivity index (χ1n) is 8.72. The minimum absolute atomic E-state index is 0.0550. The van der Waals surface area contributed by atoms with Crippen LogP contribution in [0.4, 0.5) is 11.5 Å². The normalized spacial score (nSPS) is 10.4. The molecule has 1 amide bonds. The molecule has 2 N–H and O–H groups in total. The first kappa shape index (κ1) is 17.6. The van der Waals surface area contributed by atoms with E-state index in [9.17, 15) is 4.79 Å². The zero-order valence-electron chi connectivity index (χ0n) is 15.0. The minimum Gasteiger partial charge on any atom is -0.352 e. The molecule has 5 nitrogen and oxygen atoms in total. The predicted octanol–water partition coefficient (Wildman–Crippen LogP) is 4.34. The van der Waals surface area contributed by atoms with E-state index < -0.39 is 0 Å². The summed E-state index contributed by atoms with van der Waals surface area (Å²) in [7, 11) is 0. The molecule has 0 radical (unpaired) electrons. The van der Waals surface area contributed by atoms with Gasteiger partial charge in [0, 0.05) is 23.4 Å². The predicted molar refractivity (Wildman–Crippen MR) is 105 cm³/mol. The molecule has 2 aromatic carbocycles. The van der Waals surface area contributed by atoms with Crippen molar-refractivity contribution in [3.8, 4) is 11.3 Å². The Labute approximate surface area is 153 Å². The summed E-state index contributed by atoms with van der Waals surface area (Å²) >= 11 is 0. The summed E-state index contributed by atoms with van der Waals surface area (Å²) in [6, 6.07) is 19.3. The van der Waals surface area contributed by atoms with Crippen molar-refractivity contribution in [1.82, 2.24) is 15.5 Å². The molecule has 0 unspecified atom stereocenters. The second-order valence-electron chi connectivity index (χ2n) is 6.13.